The van der Waals surface area contributed by atoms with Gasteiger partial charge in [-0.25, -0.2) is 0 Å². The Bertz CT molecular complexity index is 1000. The molecule has 4 rings (SSSR count). The predicted molar refractivity (Wildman–Crippen MR) is 111 cm³/mol. The molecule has 1 aliphatic rings. The minimum atomic E-state index is -0.0709. The third-order valence-corrected chi connectivity index (χ3v) is 5.08. The molecule has 0 radical (unpaired) electrons. The average Bonchev–Trinajstić information content (AvgIpc) is 3.07. The molecule has 1 aliphatic heterocycles. The molecule has 1 N–H and O–H groups in total. The third-order valence-electron chi connectivity index (χ3n) is 5.08. The monoisotopic (exact) mass is 373 g/mol. The molecule has 0 spiro atoms. The molecule has 5 heteroatoms. The Labute approximate surface area is 165 Å². The van der Waals surface area contributed by atoms with Crippen LogP contribution in [0.25, 0.3) is 0 Å². The molecule has 0 saturated carbocycles. The van der Waals surface area contributed by atoms with Gasteiger partial charge in [-0.15, -0.1) is 0 Å². The number of carbonyl (C=O) groups is 1. The number of aromatic nitrogens is 1. The zero-order valence-electron chi connectivity index (χ0n) is 16.1. The van der Waals surface area contributed by atoms with Crippen LogP contribution in [0.1, 0.15) is 28.5 Å². The summed E-state index contributed by atoms with van der Waals surface area (Å²) >= 11 is 0. The molecule has 2 heterocycles. The minimum absolute atomic E-state index is 0.0709. The largest absolute Gasteiger partial charge is 0.496 e. The van der Waals surface area contributed by atoms with Crippen LogP contribution in [0.3, 0.4) is 0 Å². The van der Waals surface area contributed by atoms with Gasteiger partial charge in [-0.05, 0) is 43.2 Å². The van der Waals surface area contributed by atoms with Gasteiger partial charge in [0.15, 0.2) is 0 Å². The van der Waals surface area contributed by atoms with Crippen molar-refractivity contribution in [1.82, 2.24) is 4.98 Å². The second-order valence-electron chi connectivity index (χ2n) is 6.95. The lowest BCUT2D eigenvalue weighted by atomic mass is 10.1. The second-order valence-corrected chi connectivity index (χ2v) is 6.95. The van der Waals surface area contributed by atoms with Crippen molar-refractivity contribution >= 4 is 17.3 Å². The molecule has 1 aromatic heterocycles. The summed E-state index contributed by atoms with van der Waals surface area (Å²) in [5.41, 5.74) is 4.53. The van der Waals surface area contributed by atoms with E-state index in [4.69, 9.17) is 4.74 Å². The van der Waals surface area contributed by atoms with Gasteiger partial charge in [0.1, 0.15) is 11.4 Å². The van der Waals surface area contributed by atoms with E-state index in [-0.39, 0.29) is 11.9 Å². The van der Waals surface area contributed by atoms with Crippen LogP contribution in [0.15, 0.2) is 66.9 Å². The number of para-hydroxylation sites is 2. The van der Waals surface area contributed by atoms with Crippen molar-refractivity contribution in [3.63, 3.8) is 0 Å². The molecule has 3 aromatic rings. The molecule has 5 nitrogen and oxygen atoms in total. The zero-order valence-corrected chi connectivity index (χ0v) is 16.1. The van der Waals surface area contributed by atoms with Crippen molar-refractivity contribution in [2.24, 2.45) is 0 Å². The predicted octanol–water partition coefficient (Wildman–Crippen LogP) is 4.29. The fraction of sp³-hybridized carbons (Fsp3) is 0.217. The van der Waals surface area contributed by atoms with E-state index in [1.54, 1.807) is 13.3 Å². The van der Waals surface area contributed by atoms with Crippen LogP contribution < -0.4 is 15.0 Å². The summed E-state index contributed by atoms with van der Waals surface area (Å²) in [6.45, 7) is 2.67. The molecular formula is C23H23N3O2. The standard InChI is InChI=1S/C23H23N3O2/c1-16-13-17-7-3-5-9-21(17)26(16)23(27)20-14-19(11-12-24-20)25-15-18-8-4-6-10-22(18)28-2/h3-12,14,16H,13,15H2,1-2H3,(H,24,25). The van der Waals surface area contributed by atoms with Gasteiger partial charge in [0.2, 0.25) is 0 Å². The first-order chi connectivity index (χ1) is 13.7. The Morgan fingerprint density at radius 3 is 2.82 bits per heavy atom. The van der Waals surface area contributed by atoms with Crippen LogP contribution >= 0.6 is 0 Å². The number of nitrogens with one attached hydrogen (secondary N) is 1. The van der Waals surface area contributed by atoms with E-state index >= 15 is 0 Å². The maximum absolute atomic E-state index is 13.2. The fourth-order valence-corrected chi connectivity index (χ4v) is 3.70. The highest BCUT2D eigenvalue weighted by Gasteiger charge is 2.31. The van der Waals surface area contributed by atoms with E-state index in [1.165, 1.54) is 5.56 Å². The number of pyridine rings is 1. The number of hydrogen-bond acceptors (Lipinski definition) is 4. The van der Waals surface area contributed by atoms with Crippen molar-refractivity contribution in [3.8, 4) is 5.75 Å². The van der Waals surface area contributed by atoms with Crippen LogP contribution in [-0.2, 0) is 13.0 Å². The fourth-order valence-electron chi connectivity index (χ4n) is 3.70. The first-order valence-electron chi connectivity index (χ1n) is 9.40. The van der Waals surface area contributed by atoms with Crippen LogP contribution in [-0.4, -0.2) is 24.0 Å². The maximum Gasteiger partial charge on any atom is 0.277 e. The van der Waals surface area contributed by atoms with Crippen LogP contribution in [0.5, 0.6) is 5.75 Å². The van der Waals surface area contributed by atoms with Crippen molar-refractivity contribution in [2.45, 2.75) is 25.9 Å². The lowest BCUT2D eigenvalue weighted by Crippen LogP contribution is -2.36. The zero-order chi connectivity index (χ0) is 19.5. The lowest BCUT2D eigenvalue weighted by Gasteiger charge is -2.22. The van der Waals surface area contributed by atoms with Gasteiger partial charge < -0.3 is 15.0 Å². The number of fused-ring (bicyclic) bond motifs is 1. The summed E-state index contributed by atoms with van der Waals surface area (Å²) in [5.74, 6) is 0.765. The third kappa shape index (κ3) is 3.43. The summed E-state index contributed by atoms with van der Waals surface area (Å²) in [7, 11) is 1.66. The van der Waals surface area contributed by atoms with E-state index < -0.39 is 0 Å². The second kappa shape index (κ2) is 7.72. The normalized spacial score (nSPS) is 15.2. The molecule has 0 saturated heterocycles. The van der Waals surface area contributed by atoms with Gasteiger partial charge in [0.25, 0.3) is 5.91 Å². The SMILES string of the molecule is COc1ccccc1CNc1ccnc(C(=O)N2c3ccccc3CC2C)c1. The highest BCUT2D eigenvalue weighted by atomic mass is 16.5. The summed E-state index contributed by atoms with van der Waals surface area (Å²) in [5, 5.41) is 3.36. The molecule has 1 unspecified atom stereocenters. The number of ether oxygens (including phenoxy) is 1. The van der Waals surface area contributed by atoms with Gasteiger partial charge in [-0.3, -0.25) is 9.78 Å². The van der Waals surface area contributed by atoms with Gasteiger partial charge in [-0.1, -0.05) is 36.4 Å². The summed E-state index contributed by atoms with van der Waals surface area (Å²) in [6.07, 6.45) is 2.54. The number of nitrogens with zero attached hydrogens (tertiary/aromatic N) is 2. The van der Waals surface area contributed by atoms with Crippen molar-refractivity contribution in [2.75, 3.05) is 17.3 Å². The van der Waals surface area contributed by atoms with E-state index in [0.717, 1.165) is 29.1 Å². The molecule has 1 atom stereocenters. The van der Waals surface area contributed by atoms with E-state index in [9.17, 15) is 4.79 Å². The Balaban J connectivity index is 1.53. The quantitative estimate of drug-likeness (QED) is 0.725. The van der Waals surface area contributed by atoms with Crippen LogP contribution in [0, 0.1) is 0 Å². The molecule has 0 aliphatic carbocycles. The number of hydrogen-bond donors (Lipinski definition) is 1. The lowest BCUT2D eigenvalue weighted by molar-refractivity contribution is 0.0976. The van der Waals surface area contributed by atoms with Crippen molar-refractivity contribution in [3.05, 3.63) is 83.7 Å². The van der Waals surface area contributed by atoms with Gasteiger partial charge in [-0.2, -0.15) is 0 Å². The first-order valence-corrected chi connectivity index (χ1v) is 9.40. The van der Waals surface area contributed by atoms with Crippen molar-refractivity contribution in [1.29, 1.82) is 0 Å². The highest BCUT2D eigenvalue weighted by Crippen LogP contribution is 2.33. The Morgan fingerprint density at radius 1 is 1.18 bits per heavy atom. The number of anilines is 2. The van der Waals surface area contributed by atoms with Gasteiger partial charge in [0, 0.05) is 35.7 Å². The summed E-state index contributed by atoms with van der Waals surface area (Å²) in [4.78, 5) is 19.3. The Hall–Kier alpha value is -3.34. The maximum atomic E-state index is 13.2. The number of amides is 1. The van der Waals surface area contributed by atoms with Crippen LogP contribution in [0.4, 0.5) is 11.4 Å². The highest BCUT2D eigenvalue weighted by molar-refractivity contribution is 6.06. The first kappa shape index (κ1) is 18.0. The number of rotatable bonds is 5. The number of methoxy groups -OCH3 is 1. The molecule has 28 heavy (non-hydrogen) atoms. The molecule has 0 fully saturated rings. The molecule has 1 amide bonds. The van der Waals surface area contributed by atoms with Crippen LogP contribution in [0.2, 0.25) is 0 Å². The van der Waals surface area contributed by atoms with Gasteiger partial charge >= 0.3 is 0 Å². The molecule has 2 aromatic carbocycles. The average molecular weight is 373 g/mol. The van der Waals surface area contributed by atoms with E-state index in [1.807, 2.05) is 59.5 Å². The number of benzene rings is 2. The smallest absolute Gasteiger partial charge is 0.277 e. The van der Waals surface area contributed by atoms with E-state index in [2.05, 4.69) is 23.3 Å². The van der Waals surface area contributed by atoms with E-state index in [0.29, 0.717) is 12.2 Å². The Morgan fingerprint density at radius 2 is 1.96 bits per heavy atom. The topological polar surface area (TPSA) is 54.5 Å². The summed E-state index contributed by atoms with van der Waals surface area (Å²) in [6, 6.07) is 19.7. The molecule has 142 valence electrons. The van der Waals surface area contributed by atoms with Gasteiger partial charge in [0.05, 0.1) is 7.11 Å². The molecule has 0 bridgehead atoms. The summed E-state index contributed by atoms with van der Waals surface area (Å²) < 4.78 is 5.40. The van der Waals surface area contributed by atoms with Crippen molar-refractivity contribution < 1.29 is 9.53 Å². The number of carbonyl (C=O) groups excluding carboxylic acids is 1. The minimum Gasteiger partial charge on any atom is -0.496 e. The Kier molecular flexibility index (Phi) is 4.98. The molecular weight excluding hydrogens is 350 g/mol.